The van der Waals surface area contributed by atoms with Crippen LogP contribution in [0, 0.1) is 11.3 Å². The Kier molecular flexibility index (Phi) is 7.32. The van der Waals surface area contributed by atoms with Crippen molar-refractivity contribution in [1.29, 1.82) is 0 Å². The molecular weight excluding hydrogens is 482 g/mol. The minimum Gasteiger partial charge on any atom is -0.387 e. The van der Waals surface area contributed by atoms with Crippen molar-refractivity contribution in [3.63, 3.8) is 0 Å². The number of halogens is 1. The fourth-order valence-corrected chi connectivity index (χ4v) is 6.26. The number of hydrogen-bond donors (Lipinski definition) is 1. The maximum atomic E-state index is 12.5. The van der Waals surface area contributed by atoms with E-state index in [1.807, 2.05) is 12.1 Å². The molecule has 0 saturated heterocycles. The summed E-state index contributed by atoms with van der Waals surface area (Å²) >= 11 is 5.98. The normalized spacial score (nSPS) is 26.4. The summed E-state index contributed by atoms with van der Waals surface area (Å²) < 4.78 is 59.6. The van der Waals surface area contributed by atoms with Crippen molar-refractivity contribution in [1.82, 2.24) is 14.8 Å². The van der Waals surface area contributed by atoms with Gasteiger partial charge in [0.25, 0.3) is 20.2 Å². The van der Waals surface area contributed by atoms with Crippen LogP contribution in [0.2, 0.25) is 5.02 Å². The highest BCUT2D eigenvalue weighted by atomic mass is 35.5. The van der Waals surface area contributed by atoms with E-state index in [1.165, 1.54) is 17.3 Å². The molecule has 3 rings (SSSR count). The molecule has 0 spiro atoms. The van der Waals surface area contributed by atoms with E-state index in [-0.39, 0.29) is 13.0 Å². The van der Waals surface area contributed by atoms with Gasteiger partial charge in [-0.2, -0.15) is 21.9 Å². The van der Waals surface area contributed by atoms with Crippen molar-refractivity contribution in [3.05, 3.63) is 47.5 Å². The summed E-state index contributed by atoms with van der Waals surface area (Å²) in [5, 5.41) is 16.7. The molecule has 1 saturated carbocycles. The Morgan fingerprint density at radius 3 is 2.50 bits per heavy atom. The van der Waals surface area contributed by atoms with Crippen molar-refractivity contribution in [2.75, 3.05) is 25.7 Å². The fourth-order valence-electron chi connectivity index (χ4n) is 4.43. The first-order valence-corrected chi connectivity index (χ1v) is 13.6. The molecule has 1 N–H and O–H groups in total. The zero-order valence-corrected chi connectivity index (χ0v) is 20.1. The van der Waals surface area contributed by atoms with Gasteiger partial charge in [0.1, 0.15) is 12.7 Å². The average molecular weight is 508 g/mol. The smallest absolute Gasteiger partial charge is 0.267 e. The van der Waals surface area contributed by atoms with Gasteiger partial charge in [0.15, 0.2) is 0 Å². The van der Waals surface area contributed by atoms with E-state index in [4.69, 9.17) is 15.8 Å². The third-order valence-corrected chi connectivity index (χ3v) is 8.30. The lowest BCUT2D eigenvalue weighted by atomic mass is 9.71. The molecule has 1 aromatic carbocycles. The van der Waals surface area contributed by atoms with Crippen LogP contribution in [0.15, 0.2) is 36.9 Å². The maximum absolute atomic E-state index is 12.5. The van der Waals surface area contributed by atoms with Gasteiger partial charge in [0, 0.05) is 10.4 Å². The highest BCUT2D eigenvalue weighted by molar-refractivity contribution is 7.86. The largest absolute Gasteiger partial charge is 0.387 e. The molecule has 32 heavy (non-hydrogen) atoms. The van der Waals surface area contributed by atoms with E-state index >= 15 is 0 Å². The molecule has 1 aliphatic carbocycles. The molecule has 0 bridgehead atoms. The topological polar surface area (TPSA) is 138 Å². The van der Waals surface area contributed by atoms with Crippen LogP contribution in [-0.4, -0.2) is 68.0 Å². The average Bonchev–Trinajstić information content (AvgIpc) is 3.30. The number of aliphatic hydroxyl groups is 1. The molecule has 13 heteroatoms. The predicted octanol–water partition coefficient (Wildman–Crippen LogP) is 1.25. The van der Waals surface area contributed by atoms with E-state index in [2.05, 4.69) is 14.3 Å². The van der Waals surface area contributed by atoms with Crippen molar-refractivity contribution >= 4 is 31.8 Å². The first-order chi connectivity index (χ1) is 14.9. The number of benzene rings is 1. The number of rotatable bonds is 10. The molecule has 0 radical (unpaired) electrons. The van der Waals surface area contributed by atoms with Gasteiger partial charge in [-0.25, -0.2) is 4.98 Å². The highest BCUT2D eigenvalue weighted by Gasteiger charge is 2.61. The van der Waals surface area contributed by atoms with Crippen LogP contribution in [0.4, 0.5) is 0 Å². The van der Waals surface area contributed by atoms with E-state index in [0.29, 0.717) is 17.9 Å². The van der Waals surface area contributed by atoms with E-state index in [0.717, 1.165) is 18.9 Å². The van der Waals surface area contributed by atoms with Gasteiger partial charge in [-0.3, -0.25) is 13.0 Å². The minimum absolute atomic E-state index is 0.0996. The Morgan fingerprint density at radius 1 is 1.25 bits per heavy atom. The highest BCUT2D eigenvalue weighted by Crippen LogP contribution is 2.53. The van der Waals surface area contributed by atoms with Crippen LogP contribution in [0.25, 0.3) is 0 Å². The van der Waals surface area contributed by atoms with Gasteiger partial charge in [-0.1, -0.05) is 23.7 Å². The Labute approximate surface area is 192 Å². The van der Waals surface area contributed by atoms with E-state index < -0.39 is 49.5 Å². The first-order valence-electron chi connectivity index (χ1n) is 9.80. The molecule has 0 aliphatic heterocycles. The molecule has 1 aliphatic rings. The summed E-state index contributed by atoms with van der Waals surface area (Å²) in [6, 6.07) is 7.13. The Morgan fingerprint density at radius 2 is 1.94 bits per heavy atom. The second-order valence-corrected chi connectivity index (χ2v) is 12.0. The third kappa shape index (κ3) is 5.67. The first kappa shape index (κ1) is 25.1. The standard InChI is InChI=1S/C19H26ClN3O7S2/c1-29-32(27,28)12-18(11-30-31(2,25)26)8-7-16(9-15-3-5-17(20)6-4-15)19(18,24)10-23-14-21-13-22-23/h3-6,13-14,16,24H,7-12H2,1-2H3. The lowest BCUT2D eigenvalue weighted by Crippen LogP contribution is -2.57. The van der Waals surface area contributed by atoms with Crippen LogP contribution in [0.5, 0.6) is 0 Å². The Balaban J connectivity index is 2.05. The van der Waals surface area contributed by atoms with E-state index in [9.17, 15) is 21.9 Å². The fraction of sp³-hybridized carbons (Fsp3) is 0.579. The number of nitrogens with zero attached hydrogens (tertiary/aromatic N) is 3. The summed E-state index contributed by atoms with van der Waals surface area (Å²) in [6.45, 7) is -0.617. The summed E-state index contributed by atoms with van der Waals surface area (Å²) in [4.78, 5) is 3.89. The lowest BCUT2D eigenvalue weighted by molar-refractivity contribution is -0.111. The molecule has 1 heterocycles. The van der Waals surface area contributed by atoms with Crippen molar-refractivity contribution in [2.24, 2.45) is 11.3 Å². The summed E-state index contributed by atoms with van der Waals surface area (Å²) in [5.41, 5.74) is -2.27. The summed E-state index contributed by atoms with van der Waals surface area (Å²) in [5.74, 6) is -1.04. The minimum atomic E-state index is -4.08. The van der Waals surface area contributed by atoms with Crippen LogP contribution < -0.4 is 0 Å². The SMILES string of the molecule is COS(=O)(=O)CC1(COS(C)(=O)=O)CCC(Cc2ccc(Cl)cc2)C1(O)Cn1cncn1. The molecular formula is C19H26ClN3O7S2. The molecule has 0 amide bonds. The van der Waals surface area contributed by atoms with Gasteiger partial charge in [-0.05, 0) is 42.9 Å². The molecule has 1 aromatic heterocycles. The van der Waals surface area contributed by atoms with Gasteiger partial charge >= 0.3 is 0 Å². The molecule has 3 unspecified atom stereocenters. The molecule has 178 valence electrons. The second-order valence-electron chi connectivity index (χ2n) is 8.20. The van der Waals surface area contributed by atoms with Gasteiger partial charge in [0.2, 0.25) is 0 Å². The summed E-state index contributed by atoms with van der Waals surface area (Å²) in [7, 11) is -6.96. The molecule has 3 atom stereocenters. The summed E-state index contributed by atoms with van der Waals surface area (Å²) in [6.07, 6.45) is 4.63. The van der Waals surface area contributed by atoms with Crippen molar-refractivity contribution < 1.29 is 30.3 Å². The van der Waals surface area contributed by atoms with Crippen LogP contribution in [0.3, 0.4) is 0 Å². The monoisotopic (exact) mass is 507 g/mol. The van der Waals surface area contributed by atoms with Crippen LogP contribution >= 0.6 is 11.6 Å². The second kappa shape index (κ2) is 9.35. The van der Waals surface area contributed by atoms with Gasteiger partial charge in [0.05, 0.1) is 37.9 Å². The van der Waals surface area contributed by atoms with Crippen LogP contribution in [0.1, 0.15) is 18.4 Å². The third-order valence-electron chi connectivity index (χ3n) is 6.09. The number of aromatic nitrogens is 3. The van der Waals surface area contributed by atoms with Gasteiger partial charge in [-0.15, -0.1) is 0 Å². The lowest BCUT2D eigenvalue weighted by Gasteiger charge is -2.44. The molecule has 1 fully saturated rings. The Hall–Kier alpha value is -1.57. The molecule has 10 nitrogen and oxygen atoms in total. The molecule has 2 aromatic rings. The Bertz CT molecular complexity index is 1120. The zero-order valence-electron chi connectivity index (χ0n) is 17.7. The predicted molar refractivity (Wildman–Crippen MR) is 117 cm³/mol. The zero-order chi connectivity index (χ0) is 23.6. The number of hydrogen-bond acceptors (Lipinski definition) is 9. The van der Waals surface area contributed by atoms with E-state index in [1.54, 1.807) is 12.1 Å². The van der Waals surface area contributed by atoms with Crippen LogP contribution in [-0.2, 0) is 41.6 Å². The van der Waals surface area contributed by atoms with Gasteiger partial charge < -0.3 is 5.11 Å². The van der Waals surface area contributed by atoms with Crippen molar-refractivity contribution in [3.8, 4) is 0 Å². The van der Waals surface area contributed by atoms with Crippen molar-refractivity contribution in [2.45, 2.75) is 31.4 Å². The quantitative estimate of drug-likeness (QED) is 0.471. The maximum Gasteiger partial charge on any atom is 0.267 e.